The van der Waals surface area contributed by atoms with Crippen LogP contribution < -0.4 is 0 Å². The van der Waals surface area contributed by atoms with Crippen LogP contribution in [0, 0.1) is 5.41 Å². The lowest BCUT2D eigenvalue weighted by Gasteiger charge is -2.45. The van der Waals surface area contributed by atoms with E-state index in [4.69, 9.17) is 13.6 Å². The zero-order chi connectivity index (χ0) is 31.3. The van der Waals surface area contributed by atoms with Gasteiger partial charge in [0, 0.05) is 22.5 Å². The highest BCUT2D eigenvalue weighted by Crippen LogP contribution is 2.52. The number of aliphatic hydroxyl groups excluding tert-OH is 1. The topological polar surface area (TPSA) is 85.7 Å². The van der Waals surface area contributed by atoms with E-state index >= 15 is 0 Å². The zero-order valence-corrected chi connectivity index (χ0v) is 29.1. The minimum Gasteiger partial charge on any atom is -0.410 e. The average molecular weight is 614 g/mol. The van der Waals surface area contributed by atoms with Crippen LogP contribution in [0.4, 0.5) is 0 Å². The average Bonchev–Trinajstić information content (AvgIpc) is 3.39. The Balaban J connectivity index is 1.91. The fourth-order valence-electron chi connectivity index (χ4n) is 6.03. The number of pyridine rings is 1. The minimum atomic E-state index is -3.54. The summed E-state index contributed by atoms with van der Waals surface area (Å²) in [5.41, 5.74) is 8.11. The number of aromatic nitrogens is 1. The number of aliphatic hydroxyl groups is 1. The van der Waals surface area contributed by atoms with Crippen molar-refractivity contribution in [3.05, 3.63) is 69.5 Å². The van der Waals surface area contributed by atoms with E-state index in [1.54, 1.807) is 0 Å². The molecule has 0 aliphatic heterocycles. The second-order valence-corrected chi connectivity index (χ2v) is 21.3. The summed E-state index contributed by atoms with van der Waals surface area (Å²) in [4.78, 5) is 5.36. The van der Waals surface area contributed by atoms with Gasteiger partial charge >= 0.3 is 0 Å². The summed E-state index contributed by atoms with van der Waals surface area (Å²) >= 11 is 0. The van der Waals surface area contributed by atoms with Gasteiger partial charge in [0.1, 0.15) is 6.10 Å². The molecule has 6 nitrogen and oxygen atoms in total. The molecule has 0 radical (unpaired) electrons. The van der Waals surface area contributed by atoms with Crippen LogP contribution in [0.3, 0.4) is 0 Å². The molecule has 0 spiro atoms. The van der Waals surface area contributed by atoms with Crippen molar-refractivity contribution >= 4 is 24.0 Å². The van der Waals surface area contributed by atoms with Gasteiger partial charge in [0.05, 0.1) is 19.0 Å². The predicted molar refractivity (Wildman–Crippen MR) is 173 cm³/mol. The molecule has 4 rings (SSSR count). The third-order valence-electron chi connectivity index (χ3n) is 9.25. The van der Waals surface area contributed by atoms with Crippen molar-refractivity contribution < 1.29 is 22.1 Å². The molecule has 1 aromatic heterocycles. The summed E-state index contributed by atoms with van der Waals surface area (Å²) in [5, 5.41) is 12.2. The molecule has 0 fully saturated rings. The standard InChI is InChI=1S/C34H51NO5SSi/c1-22(2)31-30(32(36)25-17-15-23(16-18-25)21-39-41(8,37)38)28(24-13-11-12-14-24)29-26(35-31)19-34(6,7)20-27(29)40-42(9,10)33(3,4)5/h13,15-18,22,27,32,36H,11-12,14,19-21H2,1-10H3/t27-,32+/m0/s1. The molecule has 232 valence electrons. The Labute approximate surface area is 255 Å². The molecule has 2 aromatic rings. The summed E-state index contributed by atoms with van der Waals surface area (Å²) in [6.07, 6.45) is 7.34. The number of benzene rings is 1. The van der Waals surface area contributed by atoms with Crippen LogP contribution in [-0.2, 0) is 31.8 Å². The van der Waals surface area contributed by atoms with Crippen LogP contribution in [0.25, 0.3) is 5.57 Å². The first-order chi connectivity index (χ1) is 19.3. The monoisotopic (exact) mass is 613 g/mol. The van der Waals surface area contributed by atoms with Gasteiger partial charge in [-0.05, 0) is 83.8 Å². The number of allylic oxidation sites excluding steroid dienone is 2. The minimum absolute atomic E-state index is 0.0345. The second kappa shape index (κ2) is 11.9. The number of hydrogen-bond acceptors (Lipinski definition) is 6. The summed E-state index contributed by atoms with van der Waals surface area (Å²) < 4.78 is 35.2. The second-order valence-electron chi connectivity index (χ2n) is 14.9. The lowest BCUT2D eigenvalue weighted by Crippen LogP contribution is -2.44. The fraction of sp³-hybridized carbons (Fsp3) is 0.618. The van der Waals surface area contributed by atoms with Gasteiger partial charge in [0.25, 0.3) is 10.1 Å². The van der Waals surface area contributed by atoms with Gasteiger partial charge in [-0.1, -0.05) is 78.8 Å². The highest BCUT2D eigenvalue weighted by Gasteiger charge is 2.45. The Bertz CT molecular complexity index is 1440. The van der Waals surface area contributed by atoms with Gasteiger partial charge in [0.15, 0.2) is 8.32 Å². The van der Waals surface area contributed by atoms with Gasteiger partial charge < -0.3 is 9.53 Å². The van der Waals surface area contributed by atoms with Crippen molar-refractivity contribution in [1.29, 1.82) is 0 Å². The molecule has 2 aliphatic rings. The first-order valence-electron chi connectivity index (χ1n) is 15.3. The molecule has 0 saturated carbocycles. The SMILES string of the molecule is CC(C)c1nc2c(c(C3=CCCC3)c1[C@H](O)c1ccc(COS(C)(=O)=O)cc1)[C@@H](O[Si](C)(C)C(C)(C)C)CC(C)(C)C2. The first kappa shape index (κ1) is 33.1. The van der Waals surface area contributed by atoms with E-state index in [1.807, 2.05) is 24.3 Å². The van der Waals surface area contributed by atoms with E-state index in [0.717, 1.165) is 72.0 Å². The Morgan fingerprint density at radius 1 is 1.14 bits per heavy atom. The van der Waals surface area contributed by atoms with E-state index in [0.29, 0.717) is 0 Å². The molecule has 8 heteroatoms. The van der Waals surface area contributed by atoms with Crippen molar-refractivity contribution in [3.8, 4) is 0 Å². The van der Waals surface area contributed by atoms with Crippen LogP contribution in [0.1, 0.15) is 131 Å². The van der Waals surface area contributed by atoms with E-state index in [2.05, 4.69) is 67.6 Å². The number of rotatable bonds is 9. The Morgan fingerprint density at radius 2 is 1.79 bits per heavy atom. The number of nitrogens with zero attached hydrogens (tertiary/aromatic N) is 1. The number of hydrogen-bond donors (Lipinski definition) is 1. The third-order valence-corrected chi connectivity index (χ3v) is 14.3. The maximum absolute atomic E-state index is 12.1. The molecule has 1 aromatic carbocycles. The van der Waals surface area contributed by atoms with E-state index in [1.165, 1.54) is 11.1 Å². The maximum atomic E-state index is 12.1. The molecule has 0 amide bonds. The first-order valence-corrected chi connectivity index (χ1v) is 20.1. The molecule has 2 aliphatic carbocycles. The van der Waals surface area contributed by atoms with Crippen molar-refractivity contribution in [3.63, 3.8) is 0 Å². The molecule has 2 atom stereocenters. The molecule has 42 heavy (non-hydrogen) atoms. The third kappa shape index (κ3) is 7.26. The molecular formula is C34H51NO5SSi. The van der Waals surface area contributed by atoms with Crippen molar-refractivity contribution in [2.45, 2.75) is 123 Å². The van der Waals surface area contributed by atoms with E-state index in [9.17, 15) is 13.5 Å². The summed E-state index contributed by atoms with van der Waals surface area (Å²) in [6.45, 7) is 20.4. The van der Waals surface area contributed by atoms with E-state index < -0.39 is 24.5 Å². The summed E-state index contributed by atoms with van der Waals surface area (Å²) in [5.74, 6) is 0.118. The smallest absolute Gasteiger partial charge is 0.264 e. The highest BCUT2D eigenvalue weighted by molar-refractivity contribution is 7.85. The lowest BCUT2D eigenvalue weighted by atomic mass is 9.71. The van der Waals surface area contributed by atoms with Crippen molar-refractivity contribution in [2.75, 3.05) is 6.26 Å². The summed E-state index contributed by atoms with van der Waals surface area (Å²) in [7, 11) is -5.66. The fourth-order valence-corrected chi connectivity index (χ4v) is 7.64. The van der Waals surface area contributed by atoms with Crippen molar-refractivity contribution in [1.82, 2.24) is 4.98 Å². The van der Waals surface area contributed by atoms with Gasteiger partial charge in [-0.25, -0.2) is 0 Å². The molecule has 0 bridgehead atoms. The van der Waals surface area contributed by atoms with Crippen LogP contribution in [0.15, 0.2) is 30.3 Å². The van der Waals surface area contributed by atoms with Crippen LogP contribution in [0.2, 0.25) is 18.1 Å². The predicted octanol–water partition coefficient (Wildman–Crippen LogP) is 8.37. The lowest BCUT2D eigenvalue weighted by molar-refractivity contribution is 0.105. The van der Waals surface area contributed by atoms with E-state index in [-0.39, 0.29) is 29.1 Å². The normalized spacial score (nSPS) is 20.0. The van der Waals surface area contributed by atoms with Crippen molar-refractivity contribution in [2.24, 2.45) is 5.41 Å². The maximum Gasteiger partial charge on any atom is 0.264 e. The van der Waals surface area contributed by atoms with Crippen LogP contribution >= 0.6 is 0 Å². The van der Waals surface area contributed by atoms with Gasteiger partial charge in [-0.3, -0.25) is 9.17 Å². The zero-order valence-electron chi connectivity index (χ0n) is 27.3. The van der Waals surface area contributed by atoms with Crippen LogP contribution in [0.5, 0.6) is 0 Å². The Hall–Kier alpha value is -1.84. The molecule has 1 heterocycles. The molecule has 0 unspecified atom stereocenters. The van der Waals surface area contributed by atoms with Crippen LogP contribution in [-0.4, -0.2) is 33.1 Å². The molecule has 0 saturated heterocycles. The quantitative estimate of drug-likeness (QED) is 0.226. The summed E-state index contributed by atoms with van der Waals surface area (Å²) in [6, 6.07) is 7.39. The van der Waals surface area contributed by atoms with Gasteiger partial charge in [-0.15, -0.1) is 0 Å². The molecule has 1 N–H and O–H groups in total. The largest absolute Gasteiger partial charge is 0.410 e. The highest BCUT2D eigenvalue weighted by atomic mass is 32.2. The van der Waals surface area contributed by atoms with Gasteiger partial charge in [0.2, 0.25) is 0 Å². The Morgan fingerprint density at radius 3 is 2.31 bits per heavy atom. The molecular weight excluding hydrogens is 563 g/mol. The van der Waals surface area contributed by atoms with Gasteiger partial charge in [-0.2, -0.15) is 8.42 Å². The Kier molecular flexibility index (Phi) is 9.38. The number of fused-ring (bicyclic) bond motifs is 1.